The third-order valence-electron chi connectivity index (χ3n) is 4.84. The lowest BCUT2D eigenvalue weighted by atomic mass is 10.2. The van der Waals surface area contributed by atoms with Gasteiger partial charge in [-0.25, -0.2) is 4.99 Å². The molecule has 1 aliphatic rings. The van der Waals surface area contributed by atoms with Crippen molar-refractivity contribution in [1.29, 1.82) is 0 Å². The van der Waals surface area contributed by atoms with Crippen LogP contribution in [0.25, 0.3) is 6.08 Å². The molecule has 0 saturated carbocycles. The van der Waals surface area contributed by atoms with Gasteiger partial charge in [0, 0.05) is 4.47 Å². The molecule has 0 atom stereocenters. The highest BCUT2D eigenvalue weighted by Crippen LogP contribution is 2.37. The average molecular weight is 651 g/mol. The topological polar surface area (TPSA) is 50.7 Å². The maximum absolute atomic E-state index is 12.5. The number of thioether (sulfide) groups is 1. The van der Waals surface area contributed by atoms with E-state index in [2.05, 4.69) is 65.0 Å². The summed E-state index contributed by atoms with van der Waals surface area (Å²) in [5.41, 5.74) is 4.01. The number of amides is 1. The molecule has 1 amide bonds. The van der Waals surface area contributed by atoms with Crippen molar-refractivity contribution in [2.45, 2.75) is 20.0 Å². The van der Waals surface area contributed by atoms with Gasteiger partial charge in [0.15, 0.2) is 5.17 Å². The standard InChI is InChI=1S/C25H19Br3N2O2S/c1-2-15-5-9-19(10-6-15)29-25-30-24(31)22(33-25)13-17-11-20(27)23(21(28)12-17)32-14-16-3-7-18(26)8-4-16/h3-13H,2,14H2,1H3,(H,29,30,31)/b22-13-. The molecule has 1 fully saturated rings. The molecule has 3 aromatic rings. The molecule has 0 aromatic heterocycles. The fraction of sp³-hybridized carbons (Fsp3) is 0.120. The first-order valence-corrected chi connectivity index (χ1v) is 13.4. The molecular weight excluding hydrogens is 632 g/mol. The Morgan fingerprint density at radius 1 is 0.970 bits per heavy atom. The highest BCUT2D eigenvalue weighted by Gasteiger charge is 2.24. The summed E-state index contributed by atoms with van der Waals surface area (Å²) in [6.45, 7) is 2.56. The fourth-order valence-corrected chi connectivity index (χ4v) is 5.65. The van der Waals surface area contributed by atoms with Crippen molar-refractivity contribution in [2.75, 3.05) is 0 Å². The lowest BCUT2D eigenvalue weighted by molar-refractivity contribution is -0.115. The Labute approximate surface area is 222 Å². The number of benzene rings is 3. The molecule has 0 radical (unpaired) electrons. The Hall–Kier alpha value is -1.87. The summed E-state index contributed by atoms with van der Waals surface area (Å²) in [5, 5.41) is 3.41. The summed E-state index contributed by atoms with van der Waals surface area (Å²) in [6.07, 6.45) is 2.82. The van der Waals surface area contributed by atoms with Gasteiger partial charge in [-0.3, -0.25) is 4.79 Å². The van der Waals surface area contributed by atoms with Crippen LogP contribution in [-0.4, -0.2) is 11.1 Å². The van der Waals surface area contributed by atoms with E-state index in [9.17, 15) is 4.79 Å². The molecule has 0 bridgehead atoms. The van der Waals surface area contributed by atoms with Crippen LogP contribution in [0.15, 0.2) is 84.0 Å². The Morgan fingerprint density at radius 2 is 1.61 bits per heavy atom. The lowest BCUT2D eigenvalue weighted by Crippen LogP contribution is -2.19. The van der Waals surface area contributed by atoms with Gasteiger partial charge in [0.05, 0.1) is 19.5 Å². The molecular formula is C25H19Br3N2O2S. The second-order valence-electron chi connectivity index (χ2n) is 7.23. The van der Waals surface area contributed by atoms with Crippen LogP contribution in [0, 0.1) is 0 Å². The minimum absolute atomic E-state index is 0.160. The van der Waals surface area contributed by atoms with Crippen molar-refractivity contribution in [3.05, 3.63) is 95.7 Å². The minimum atomic E-state index is -0.160. The van der Waals surface area contributed by atoms with Crippen molar-refractivity contribution >= 4 is 82.4 Å². The van der Waals surface area contributed by atoms with E-state index in [0.717, 1.165) is 36.7 Å². The maximum Gasteiger partial charge on any atom is 0.264 e. The predicted octanol–water partition coefficient (Wildman–Crippen LogP) is 8.01. The number of halogens is 3. The summed E-state index contributed by atoms with van der Waals surface area (Å²) >= 11 is 12.0. The SMILES string of the molecule is CCc1ccc(N=C2NC(=O)/C(=C/c3cc(Br)c(OCc4ccc(Br)cc4)c(Br)c3)S2)cc1. The number of ether oxygens (including phenoxy) is 1. The number of rotatable bonds is 6. The molecule has 33 heavy (non-hydrogen) atoms. The highest BCUT2D eigenvalue weighted by molar-refractivity contribution is 9.11. The van der Waals surface area contributed by atoms with E-state index in [4.69, 9.17) is 4.74 Å². The molecule has 4 nitrogen and oxygen atoms in total. The van der Waals surface area contributed by atoms with E-state index in [0.29, 0.717) is 22.4 Å². The Balaban J connectivity index is 1.48. The Kier molecular flexibility index (Phi) is 8.11. The molecule has 1 heterocycles. The van der Waals surface area contributed by atoms with Crippen molar-refractivity contribution in [2.24, 2.45) is 4.99 Å². The first kappa shape index (κ1) is 24.3. The van der Waals surface area contributed by atoms with Gasteiger partial charge in [0.1, 0.15) is 12.4 Å². The van der Waals surface area contributed by atoms with Gasteiger partial charge in [-0.15, -0.1) is 0 Å². The van der Waals surface area contributed by atoms with Gasteiger partial charge in [-0.1, -0.05) is 47.1 Å². The summed E-state index contributed by atoms with van der Waals surface area (Å²) < 4.78 is 8.64. The summed E-state index contributed by atoms with van der Waals surface area (Å²) in [4.78, 5) is 17.6. The van der Waals surface area contributed by atoms with Gasteiger partial charge in [-0.2, -0.15) is 0 Å². The Bertz CT molecular complexity index is 1220. The van der Waals surface area contributed by atoms with Crippen LogP contribution in [0.4, 0.5) is 5.69 Å². The van der Waals surface area contributed by atoms with Crippen molar-refractivity contribution in [3.8, 4) is 5.75 Å². The van der Waals surface area contributed by atoms with E-state index >= 15 is 0 Å². The second kappa shape index (κ2) is 11.0. The first-order chi connectivity index (χ1) is 15.9. The molecule has 168 valence electrons. The average Bonchev–Trinajstić information content (AvgIpc) is 3.13. The first-order valence-electron chi connectivity index (χ1n) is 10.2. The number of carbonyl (C=O) groups excluding carboxylic acids is 1. The zero-order valence-corrected chi connectivity index (χ0v) is 23.1. The number of hydrogen-bond donors (Lipinski definition) is 1. The number of nitrogens with one attached hydrogen (secondary N) is 1. The van der Waals surface area contributed by atoms with Gasteiger partial charge in [-0.05, 0) is 109 Å². The summed E-state index contributed by atoms with van der Waals surface area (Å²) in [5.74, 6) is 0.549. The predicted molar refractivity (Wildman–Crippen MR) is 147 cm³/mol. The zero-order chi connectivity index (χ0) is 23.4. The van der Waals surface area contributed by atoms with E-state index in [1.165, 1.54) is 17.3 Å². The summed E-state index contributed by atoms with van der Waals surface area (Å²) in [6, 6.07) is 19.9. The van der Waals surface area contributed by atoms with Crippen molar-refractivity contribution < 1.29 is 9.53 Å². The third kappa shape index (κ3) is 6.38. The monoisotopic (exact) mass is 648 g/mol. The van der Waals surface area contributed by atoms with Crippen LogP contribution >= 0.6 is 59.6 Å². The zero-order valence-electron chi connectivity index (χ0n) is 17.6. The van der Waals surface area contributed by atoms with Crippen molar-refractivity contribution in [3.63, 3.8) is 0 Å². The molecule has 1 N–H and O–H groups in total. The number of carbonyl (C=O) groups is 1. The smallest absolute Gasteiger partial charge is 0.264 e. The fourth-order valence-electron chi connectivity index (χ4n) is 3.09. The summed E-state index contributed by atoms with van der Waals surface area (Å²) in [7, 11) is 0. The van der Waals surface area contributed by atoms with E-state index in [-0.39, 0.29) is 5.91 Å². The van der Waals surface area contributed by atoms with Gasteiger partial charge in [0.2, 0.25) is 0 Å². The molecule has 0 spiro atoms. The second-order valence-corrected chi connectivity index (χ2v) is 10.9. The normalized spacial score (nSPS) is 15.8. The molecule has 8 heteroatoms. The van der Waals surface area contributed by atoms with Crippen LogP contribution in [-0.2, 0) is 17.8 Å². The number of nitrogens with zero attached hydrogens (tertiary/aromatic N) is 1. The molecule has 0 aliphatic carbocycles. The van der Waals surface area contributed by atoms with Crippen molar-refractivity contribution in [1.82, 2.24) is 5.32 Å². The number of hydrogen-bond acceptors (Lipinski definition) is 4. The van der Waals surface area contributed by atoms with Crippen LogP contribution in [0.1, 0.15) is 23.6 Å². The molecule has 1 aliphatic heterocycles. The molecule has 3 aromatic carbocycles. The van der Waals surface area contributed by atoms with Crippen LogP contribution in [0.5, 0.6) is 5.75 Å². The van der Waals surface area contributed by atoms with Gasteiger partial charge >= 0.3 is 0 Å². The van der Waals surface area contributed by atoms with Crippen LogP contribution in [0.3, 0.4) is 0 Å². The third-order valence-corrected chi connectivity index (χ3v) is 7.46. The van der Waals surface area contributed by atoms with Gasteiger partial charge in [0.25, 0.3) is 5.91 Å². The van der Waals surface area contributed by atoms with E-state index in [1.807, 2.05) is 66.7 Å². The van der Waals surface area contributed by atoms with Crippen LogP contribution < -0.4 is 10.1 Å². The lowest BCUT2D eigenvalue weighted by Gasteiger charge is -2.12. The van der Waals surface area contributed by atoms with Crippen LogP contribution in [0.2, 0.25) is 0 Å². The number of amidine groups is 1. The quantitative estimate of drug-likeness (QED) is 0.275. The minimum Gasteiger partial charge on any atom is -0.487 e. The van der Waals surface area contributed by atoms with E-state index < -0.39 is 0 Å². The van der Waals surface area contributed by atoms with E-state index in [1.54, 1.807) is 0 Å². The molecule has 4 rings (SSSR count). The molecule has 0 unspecified atom stereocenters. The molecule has 1 saturated heterocycles. The Morgan fingerprint density at radius 3 is 2.24 bits per heavy atom. The van der Waals surface area contributed by atoms with Gasteiger partial charge < -0.3 is 10.1 Å². The maximum atomic E-state index is 12.5. The number of aliphatic imine (C=N–C) groups is 1. The number of aryl methyl sites for hydroxylation is 1. The highest BCUT2D eigenvalue weighted by atomic mass is 79.9. The largest absolute Gasteiger partial charge is 0.487 e.